The maximum absolute atomic E-state index is 12.0. The van der Waals surface area contributed by atoms with Crippen LogP contribution in [-0.2, 0) is 16.4 Å². The summed E-state index contributed by atoms with van der Waals surface area (Å²) in [5.74, 6) is 0. The van der Waals surface area contributed by atoms with Gasteiger partial charge in [0.2, 0.25) is 10.0 Å². The van der Waals surface area contributed by atoms with Gasteiger partial charge in [-0.1, -0.05) is 23.7 Å². The van der Waals surface area contributed by atoms with Gasteiger partial charge in [0, 0.05) is 17.3 Å². The Kier molecular flexibility index (Phi) is 4.65. The predicted octanol–water partition coefficient (Wildman–Crippen LogP) is 2.44. The molecule has 0 spiro atoms. The van der Waals surface area contributed by atoms with Crippen LogP contribution in [0.25, 0.3) is 0 Å². The Hall–Kier alpha value is -1.56. The van der Waals surface area contributed by atoms with Crippen molar-refractivity contribution in [3.63, 3.8) is 0 Å². The summed E-state index contributed by atoms with van der Waals surface area (Å²) < 4.78 is 26.6. The molecule has 0 aliphatic heterocycles. The number of nitrogen functional groups attached to an aromatic ring is 1. The minimum atomic E-state index is -3.49. The van der Waals surface area contributed by atoms with Crippen LogP contribution < -0.4 is 10.5 Å². The van der Waals surface area contributed by atoms with Gasteiger partial charge in [-0.15, -0.1) is 0 Å². The third kappa shape index (κ3) is 3.96. The normalized spacial score (nSPS) is 11.4. The monoisotopic (exact) mass is 310 g/mol. The molecule has 106 valence electrons. The van der Waals surface area contributed by atoms with Gasteiger partial charge in [-0.2, -0.15) is 0 Å². The van der Waals surface area contributed by atoms with Gasteiger partial charge < -0.3 is 5.73 Å². The third-order valence-corrected chi connectivity index (χ3v) is 4.54. The van der Waals surface area contributed by atoms with Crippen LogP contribution in [0.3, 0.4) is 0 Å². The standard InChI is InChI=1S/C14H15ClN2O2S/c15-12-3-1-11(2-4-12)9-10-17-20(18,19)14-7-5-13(16)6-8-14/h1-8,17H,9-10,16H2. The van der Waals surface area contributed by atoms with Gasteiger partial charge in [-0.25, -0.2) is 13.1 Å². The van der Waals surface area contributed by atoms with Crippen molar-refractivity contribution in [2.45, 2.75) is 11.3 Å². The van der Waals surface area contributed by atoms with E-state index < -0.39 is 10.0 Å². The lowest BCUT2D eigenvalue weighted by molar-refractivity contribution is 0.581. The van der Waals surface area contributed by atoms with E-state index in [2.05, 4.69) is 4.72 Å². The highest BCUT2D eigenvalue weighted by atomic mass is 35.5. The largest absolute Gasteiger partial charge is 0.399 e. The number of hydrogen-bond acceptors (Lipinski definition) is 3. The number of nitrogens with two attached hydrogens (primary N) is 1. The maximum Gasteiger partial charge on any atom is 0.240 e. The first-order valence-electron chi connectivity index (χ1n) is 6.07. The molecular formula is C14H15ClN2O2S. The van der Waals surface area contributed by atoms with Crippen LogP contribution in [0.4, 0.5) is 5.69 Å². The second kappa shape index (κ2) is 6.26. The number of halogens is 1. The van der Waals surface area contributed by atoms with Crippen molar-refractivity contribution in [2.75, 3.05) is 12.3 Å². The predicted molar refractivity (Wildman–Crippen MR) is 81.2 cm³/mol. The lowest BCUT2D eigenvalue weighted by atomic mass is 10.2. The van der Waals surface area contributed by atoms with Gasteiger partial charge in [0.15, 0.2) is 0 Å². The van der Waals surface area contributed by atoms with Gasteiger partial charge in [0.25, 0.3) is 0 Å². The van der Waals surface area contributed by atoms with E-state index in [1.807, 2.05) is 12.1 Å². The number of anilines is 1. The fourth-order valence-electron chi connectivity index (χ4n) is 1.71. The van der Waals surface area contributed by atoms with E-state index in [0.29, 0.717) is 23.7 Å². The summed E-state index contributed by atoms with van der Waals surface area (Å²) >= 11 is 5.79. The molecule has 0 bridgehead atoms. The SMILES string of the molecule is Nc1ccc(S(=O)(=O)NCCc2ccc(Cl)cc2)cc1. The van der Waals surface area contributed by atoms with E-state index >= 15 is 0 Å². The van der Waals surface area contributed by atoms with Crippen molar-refractivity contribution >= 4 is 27.3 Å². The number of sulfonamides is 1. The minimum Gasteiger partial charge on any atom is -0.399 e. The molecule has 2 rings (SSSR count). The molecule has 2 aromatic carbocycles. The Balaban J connectivity index is 1.96. The highest BCUT2D eigenvalue weighted by Crippen LogP contribution is 2.12. The van der Waals surface area contributed by atoms with Crippen molar-refractivity contribution in [3.05, 3.63) is 59.1 Å². The van der Waals surface area contributed by atoms with Crippen molar-refractivity contribution in [1.82, 2.24) is 4.72 Å². The molecule has 2 aromatic rings. The zero-order valence-electron chi connectivity index (χ0n) is 10.7. The van der Waals surface area contributed by atoms with Gasteiger partial charge in [0.05, 0.1) is 4.90 Å². The minimum absolute atomic E-state index is 0.211. The van der Waals surface area contributed by atoms with Crippen molar-refractivity contribution in [2.24, 2.45) is 0 Å². The molecule has 0 aliphatic carbocycles. The average Bonchev–Trinajstić information content (AvgIpc) is 2.41. The molecule has 0 amide bonds. The molecule has 4 nitrogen and oxygen atoms in total. The average molecular weight is 311 g/mol. The van der Waals surface area contributed by atoms with Crippen LogP contribution in [0.5, 0.6) is 0 Å². The summed E-state index contributed by atoms with van der Waals surface area (Å²) in [4.78, 5) is 0.211. The number of benzene rings is 2. The van der Waals surface area contributed by atoms with Crippen LogP contribution in [0.1, 0.15) is 5.56 Å². The highest BCUT2D eigenvalue weighted by molar-refractivity contribution is 7.89. The van der Waals surface area contributed by atoms with Crippen LogP contribution in [-0.4, -0.2) is 15.0 Å². The van der Waals surface area contributed by atoms with E-state index in [9.17, 15) is 8.42 Å². The topological polar surface area (TPSA) is 72.2 Å². The summed E-state index contributed by atoms with van der Waals surface area (Å²) in [6.07, 6.45) is 0.603. The third-order valence-electron chi connectivity index (χ3n) is 2.81. The molecule has 20 heavy (non-hydrogen) atoms. The molecule has 6 heteroatoms. The Bertz CT molecular complexity index is 667. The second-order valence-electron chi connectivity index (χ2n) is 4.34. The van der Waals surface area contributed by atoms with Crippen molar-refractivity contribution in [1.29, 1.82) is 0 Å². The molecule has 0 fully saturated rings. The van der Waals surface area contributed by atoms with E-state index in [-0.39, 0.29) is 4.90 Å². The van der Waals surface area contributed by atoms with Crippen LogP contribution >= 0.6 is 11.6 Å². The maximum atomic E-state index is 12.0. The lowest BCUT2D eigenvalue weighted by Gasteiger charge is -2.07. The Morgan fingerprint density at radius 2 is 1.60 bits per heavy atom. The molecule has 0 unspecified atom stereocenters. The smallest absolute Gasteiger partial charge is 0.240 e. The summed E-state index contributed by atoms with van der Waals surface area (Å²) in [5, 5.41) is 0.663. The molecular weight excluding hydrogens is 296 g/mol. The van der Waals surface area contributed by atoms with E-state index in [1.54, 1.807) is 24.3 Å². The molecule has 3 N–H and O–H groups in total. The summed E-state index contributed by atoms with van der Waals surface area (Å²) in [6.45, 7) is 0.328. The fraction of sp³-hybridized carbons (Fsp3) is 0.143. The second-order valence-corrected chi connectivity index (χ2v) is 6.55. The zero-order chi connectivity index (χ0) is 14.6. The van der Waals surface area contributed by atoms with Crippen molar-refractivity contribution in [3.8, 4) is 0 Å². The molecule has 0 atom stereocenters. The molecule has 0 aromatic heterocycles. The molecule has 0 aliphatic rings. The highest BCUT2D eigenvalue weighted by Gasteiger charge is 2.12. The van der Waals surface area contributed by atoms with E-state index in [4.69, 9.17) is 17.3 Å². The zero-order valence-corrected chi connectivity index (χ0v) is 12.3. The Morgan fingerprint density at radius 3 is 2.20 bits per heavy atom. The van der Waals surface area contributed by atoms with E-state index in [1.165, 1.54) is 12.1 Å². The lowest BCUT2D eigenvalue weighted by Crippen LogP contribution is -2.25. The van der Waals surface area contributed by atoms with Gasteiger partial charge >= 0.3 is 0 Å². The van der Waals surface area contributed by atoms with Crippen LogP contribution in [0, 0.1) is 0 Å². The Morgan fingerprint density at radius 1 is 1.00 bits per heavy atom. The number of hydrogen-bond donors (Lipinski definition) is 2. The quantitative estimate of drug-likeness (QED) is 0.833. The van der Waals surface area contributed by atoms with Crippen LogP contribution in [0.15, 0.2) is 53.4 Å². The van der Waals surface area contributed by atoms with Gasteiger partial charge in [0.1, 0.15) is 0 Å². The first kappa shape index (κ1) is 14.8. The number of rotatable bonds is 5. The first-order chi connectivity index (χ1) is 9.47. The van der Waals surface area contributed by atoms with Gasteiger partial charge in [-0.3, -0.25) is 0 Å². The van der Waals surface area contributed by atoms with E-state index in [0.717, 1.165) is 5.56 Å². The molecule has 0 saturated carbocycles. The number of nitrogens with one attached hydrogen (secondary N) is 1. The van der Waals surface area contributed by atoms with Gasteiger partial charge in [-0.05, 0) is 48.4 Å². The molecule has 0 saturated heterocycles. The summed E-state index contributed by atoms with van der Waals surface area (Å²) in [6, 6.07) is 13.4. The summed E-state index contributed by atoms with van der Waals surface area (Å²) in [7, 11) is -3.49. The van der Waals surface area contributed by atoms with Crippen LogP contribution in [0.2, 0.25) is 5.02 Å². The molecule has 0 radical (unpaired) electrons. The first-order valence-corrected chi connectivity index (χ1v) is 7.93. The fourth-order valence-corrected chi connectivity index (χ4v) is 2.87. The molecule has 0 heterocycles. The van der Waals surface area contributed by atoms with Crippen molar-refractivity contribution < 1.29 is 8.42 Å². The summed E-state index contributed by atoms with van der Waals surface area (Å²) in [5.41, 5.74) is 7.09. The Labute approximate surface area is 123 Å².